The number of rotatable bonds is 5. The number of halogens is 1. The van der Waals surface area contributed by atoms with Crippen LogP contribution in [0.3, 0.4) is 0 Å². The van der Waals surface area contributed by atoms with Gasteiger partial charge in [0.25, 0.3) is 5.91 Å². The van der Waals surface area contributed by atoms with Crippen LogP contribution in [-0.4, -0.2) is 31.9 Å². The monoisotopic (exact) mass is 377 g/mol. The van der Waals surface area contributed by atoms with Crippen molar-refractivity contribution in [3.05, 3.63) is 47.0 Å². The zero-order valence-electron chi connectivity index (χ0n) is 14.1. The molecule has 0 fully saturated rings. The van der Waals surface area contributed by atoms with Crippen molar-refractivity contribution in [2.75, 3.05) is 19.2 Å². The van der Waals surface area contributed by atoms with Crippen molar-refractivity contribution in [1.29, 1.82) is 0 Å². The molecule has 136 valence electrons. The van der Waals surface area contributed by atoms with Gasteiger partial charge in [-0.3, -0.25) is 4.79 Å². The fourth-order valence-electron chi connectivity index (χ4n) is 2.32. The Bertz CT molecular complexity index is 854. The Morgan fingerprint density at radius 2 is 1.92 bits per heavy atom. The minimum atomic E-state index is -1.03. The maximum absolute atomic E-state index is 12.3. The number of methoxy groups -OCH3 is 1. The number of fused-ring (bicyclic) bond motifs is 1. The van der Waals surface area contributed by atoms with E-state index in [4.69, 9.17) is 30.5 Å². The van der Waals surface area contributed by atoms with Gasteiger partial charge in [0.2, 0.25) is 6.79 Å². The molecule has 0 radical (unpaired) electrons. The summed E-state index contributed by atoms with van der Waals surface area (Å²) in [5.41, 5.74) is 0.644. The predicted molar refractivity (Wildman–Crippen MR) is 94.1 cm³/mol. The van der Waals surface area contributed by atoms with Gasteiger partial charge in [-0.2, -0.15) is 0 Å². The van der Waals surface area contributed by atoms with Gasteiger partial charge in [0.1, 0.15) is 5.75 Å². The van der Waals surface area contributed by atoms with E-state index in [1.165, 1.54) is 20.1 Å². The Morgan fingerprint density at radius 1 is 1.15 bits per heavy atom. The first-order valence-electron chi connectivity index (χ1n) is 7.73. The van der Waals surface area contributed by atoms with E-state index in [9.17, 15) is 9.59 Å². The third kappa shape index (κ3) is 3.83. The van der Waals surface area contributed by atoms with Crippen molar-refractivity contribution >= 4 is 29.2 Å². The fraction of sp³-hybridized carbons (Fsp3) is 0.222. The summed E-state index contributed by atoms with van der Waals surface area (Å²) < 4.78 is 20.8. The lowest BCUT2D eigenvalue weighted by Crippen LogP contribution is -2.30. The molecule has 0 unspecified atom stereocenters. The van der Waals surface area contributed by atoms with Crippen LogP contribution in [0.15, 0.2) is 36.4 Å². The predicted octanol–water partition coefficient (Wildman–Crippen LogP) is 3.26. The van der Waals surface area contributed by atoms with E-state index < -0.39 is 18.0 Å². The molecular formula is C18H16ClNO6. The summed E-state index contributed by atoms with van der Waals surface area (Å²) in [6.07, 6.45) is -1.03. The van der Waals surface area contributed by atoms with E-state index in [-0.39, 0.29) is 12.4 Å². The van der Waals surface area contributed by atoms with Crippen LogP contribution in [0.25, 0.3) is 0 Å². The highest BCUT2D eigenvalue weighted by Crippen LogP contribution is 2.33. The minimum Gasteiger partial charge on any atom is -0.495 e. The van der Waals surface area contributed by atoms with Gasteiger partial charge in [-0.1, -0.05) is 11.6 Å². The Hall–Kier alpha value is -2.93. The van der Waals surface area contributed by atoms with Gasteiger partial charge in [0.15, 0.2) is 17.6 Å². The zero-order chi connectivity index (χ0) is 18.7. The van der Waals surface area contributed by atoms with E-state index in [2.05, 4.69) is 5.32 Å². The van der Waals surface area contributed by atoms with E-state index in [0.29, 0.717) is 28.0 Å². The topological polar surface area (TPSA) is 83.1 Å². The molecule has 1 atom stereocenters. The maximum Gasteiger partial charge on any atom is 0.339 e. The normalized spacial score (nSPS) is 13.0. The Balaban J connectivity index is 1.66. The molecular weight excluding hydrogens is 362 g/mol. The smallest absolute Gasteiger partial charge is 0.339 e. The summed E-state index contributed by atoms with van der Waals surface area (Å²) in [6.45, 7) is 1.57. The van der Waals surface area contributed by atoms with Gasteiger partial charge < -0.3 is 24.3 Å². The first-order chi connectivity index (χ1) is 12.5. The molecule has 2 aromatic carbocycles. The van der Waals surface area contributed by atoms with Crippen molar-refractivity contribution < 1.29 is 28.5 Å². The molecule has 1 N–H and O–H groups in total. The summed E-state index contributed by atoms with van der Waals surface area (Å²) in [5.74, 6) is 0.293. The standard InChI is InChI=1S/C18H16ClNO6/c1-10(17(21)20-13-8-12(19)4-6-14(13)23-2)26-18(22)11-3-5-15-16(7-11)25-9-24-15/h3-8,10H,9H2,1-2H3,(H,20,21)/t10-/m1/s1. The summed E-state index contributed by atoms with van der Waals surface area (Å²) >= 11 is 5.93. The molecule has 0 bridgehead atoms. The van der Waals surface area contributed by atoms with Gasteiger partial charge in [0, 0.05) is 5.02 Å². The highest BCUT2D eigenvalue weighted by molar-refractivity contribution is 6.31. The first-order valence-corrected chi connectivity index (χ1v) is 8.11. The molecule has 0 aromatic heterocycles. The van der Waals surface area contributed by atoms with Gasteiger partial charge >= 0.3 is 5.97 Å². The number of hydrogen-bond donors (Lipinski definition) is 1. The molecule has 1 aliphatic rings. The molecule has 0 saturated carbocycles. The van der Waals surface area contributed by atoms with Crippen LogP contribution >= 0.6 is 11.6 Å². The molecule has 1 heterocycles. The number of nitrogens with one attached hydrogen (secondary N) is 1. The second-order valence-corrected chi connectivity index (χ2v) is 5.89. The van der Waals surface area contributed by atoms with Crippen molar-refractivity contribution in [1.82, 2.24) is 0 Å². The van der Waals surface area contributed by atoms with Gasteiger partial charge in [-0.25, -0.2) is 4.79 Å². The number of amides is 1. The lowest BCUT2D eigenvalue weighted by Gasteiger charge is -2.15. The lowest BCUT2D eigenvalue weighted by molar-refractivity contribution is -0.123. The highest BCUT2D eigenvalue weighted by Gasteiger charge is 2.22. The fourth-order valence-corrected chi connectivity index (χ4v) is 2.49. The Morgan fingerprint density at radius 3 is 2.69 bits per heavy atom. The first kappa shape index (κ1) is 17.9. The largest absolute Gasteiger partial charge is 0.495 e. The molecule has 8 heteroatoms. The van der Waals surface area contributed by atoms with Gasteiger partial charge in [-0.05, 0) is 43.3 Å². The molecule has 3 rings (SSSR count). The Kier molecular flexibility index (Phi) is 5.18. The van der Waals surface area contributed by atoms with Crippen molar-refractivity contribution in [3.8, 4) is 17.2 Å². The van der Waals surface area contributed by atoms with Crippen LogP contribution in [0.4, 0.5) is 5.69 Å². The van der Waals surface area contributed by atoms with Gasteiger partial charge in [0.05, 0.1) is 18.4 Å². The molecule has 26 heavy (non-hydrogen) atoms. The van der Waals surface area contributed by atoms with Crippen molar-refractivity contribution in [3.63, 3.8) is 0 Å². The van der Waals surface area contributed by atoms with Crippen LogP contribution in [-0.2, 0) is 9.53 Å². The van der Waals surface area contributed by atoms with Crippen LogP contribution in [0.1, 0.15) is 17.3 Å². The second kappa shape index (κ2) is 7.53. The highest BCUT2D eigenvalue weighted by atomic mass is 35.5. The summed E-state index contributed by atoms with van der Waals surface area (Å²) in [6, 6.07) is 9.47. The minimum absolute atomic E-state index is 0.105. The summed E-state index contributed by atoms with van der Waals surface area (Å²) in [7, 11) is 1.47. The zero-order valence-corrected chi connectivity index (χ0v) is 14.8. The number of benzene rings is 2. The molecule has 0 aliphatic carbocycles. The number of esters is 1. The van der Waals surface area contributed by atoms with Gasteiger partial charge in [-0.15, -0.1) is 0 Å². The molecule has 2 aromatic rings. The molecule has 0 saturated heterocycles. The molecule has 0 spiro atoms. The lowest BCUT2D eigenvalue weighted by atomic mass is 10.2. The second-order valence-electron chi connectivity index (χ2n) is 5.45. The number of ether oxygens (including phenoxy) is 4. The molecule has 7 nitrogen and oxygen atoms in total. The third-order valence-electron chi connectivity index (χ3n) is 3.68. The van der Waals surface area contributed by atoms with Crippen LogP contribution in [0.5, 0.6) is 17.2 Å². The van der Waals surface area contributed by atoms with Crippen LogP contribution < -0.4 is 19.5 Å². The summed E-state index contributed by atoms with van der Waals surface area (Å²) in [4.78, 5) is 24.6. The number of hydrogen-bond acceptors (Lipinski definition) is 6. The number of carbonyl (C=O) groups excluding carboxylic acids is 2. The molecule has 1 aliphatic heterocycles. The van der Waals surface area contributed by atoms with E-state index >= 15 is 0 Å². The van der Waals surface area contributed by atoms with E-state index in [1.54, 1.807) is 30.3 Å². The SMILES string of the molecule is COc1ccc(Cl)cc1NC(=O)[C@@H](C)OC(=O)c1ccc2c(c1)OCO2. The average Bonchev–Trinajstić information content (AvgIpc) is 3.09. The number of anilines is 1. The quantitative estimate of drug-likeness (QED) is 0.805. The maximum atomic E-state index is 12.3. The summed E-state index contributed by atoms with van der Waals surface area (Å²) in [5, 5.41) is 3.07. The third-order valence-corrected chi connectivity index (χ3v) is 3.92. The molecule has 1 amide bonds. The van der Waals surface area contributed by atoms with Crippen LogP contribution in [0, 0.1) is 0 Å². The van der Waals surface area contributed by atoms with Crippen molar-refractivity contribution in [2.24, 2.45) is 0 Å². The number of carbonyl (C=O) groups is 2. The van der Waals surface area contributed by atoms with Crippen molar-refractivity contribution in [2.45, 2.75) is 13.0 Å². The van der Waals surface area contributed by atoms with Crippen LogP contribution in [0.2, 0.25) is 5.02 Å². The van der Waals surface area contributed by atoms with E-state index in [0.717, 1.165) is 0 Å². The van der Waals surface area contributed by atoms with E-state index in [1.807, 2.05) is 0 Å². The average molecular weight is 378 g/mol. The Labute approximate surface area is 154 Å².